The Morgan fingerprint density at radius 1 is 1.44 bits per heavy atom. The molecular weight excluding hydrogens is 248 g/mol. The molecule has 100 valence electrons. The average molecular weight is 268 g/mol. The zero-order valence-electron chi connectivity index (χ0n) is 10.8. The summed E-state index contributed by atoms with van der Waals surface area (Å²) in [5.74, 6) is 0.712. The molecule has 2 fully saturated rings. The molecule has 2 heterocycles. The largest absolute Gasteiger partial charge is 0.381 e. The van der Waals surface area contributed by atoms with E-state index in [0.717, 1.165) is 51.1 Å². The van der Waals surface area contributed by atoms with Crippen LogP contribution in [0.1, 0.15) is 6.42 Å². The standard InChI is InChI=1S/C12H20N4OS/c1-18-12(14-10-13)16-5-3-15(4-6-16)8-11-2-7-17-9-11/h11H,2-9H2,1H3. The molecule has 2 aliphatic heterocycles. The van der Waals surface area contributed by atoms with Crippen molar-refractivity contribution < 1.29 is 4.74 Å². The van der Waals surface area contributed by atoms with Crippen LogP contribution in [0.3, 0.4) is 0 Å². The van der Waals surface area contributed by atoms with Crippen LogP contribution >= 0.6 is 11.8 Å². The molecule has 0 amide bonds. The van der Waals surface area contributed by atoms with Crippen molar-refractivity contribution in [3.8, 4) is 6.19 Å². The Hall–Kier alpha value is -0.770. The van der Waals surface area contributed by atoms with E-state index in [1.807, 2.05) is 12.4 Å². The zero-order valence-corrected chi connectivity index (χ0v) is 11.7. The van der Waals surface area contributed by atoms with Crippen LogP contribution in [0.2, 0.25) is 0 Å². The van der Waals surface area contributed by atoms with Gasteiger partial charge in [0.25, 0.3) is 0 Å². The summed E-state index contributed by atoms with van der Waals surface area (Å²) in [4.78, 5) is 8.57. The van der Waals surface area contributed by atoms with Gasteiger partial charge in [-0.25, -0.2) is 0 Å². The van der Waals surface area contributed by atoms with Crippen LogP contribution in [-0.4, -0.2) is 67.2 Å². The molecule has 18 heavy (non-hydrogen) atoms. The minimum absolute atomic E-state index is 0.712. The second-order valence-electron chi connectivity index (χ2n) is 4.72. The van der Waals surface area contributed by atoms with Crippen LogP contribution in [0.25, 0.3) is 0 Å². The quantitative estimate of drug-likeness (QED) is 0.422. The van der Waals surface area contributed by atoms with Gasteiger partial charge in [0.15, 0.2) is 5.17 Å². The van der Waals surface area contributed by atoms with Crippen LogP contribution in [0.5, 0.6) is 0 Å². The fourth-order valence-electron chi connectivity index (χ4n) is 2.50. The lowest BCUT2D eigenvalue weighted by Gasteiger charge is -2.36. The van der Waals surface area contributed by atoms with Crippen LogP contribution in [-0.2, 0) is 4.74 Å². The molecule has 0 N–H and O–H groups in total. The Kier molecular flexibility index (Phi) is 5.29. The number of nitriles is 1. The third-order valence-electron chi connectivity index (χ3n) is 3.51. The molecular formula is C12H20N4OS. The van der Waals surface area contributed by atoms with Crippen molar-refractivity contribution in [1.29, 1.82) is 5.26 Å². The van der Waals surface area contributed by atoms with Crippen molar-refractivity contribution in [2.24, 2.45) is 10.9 Å². The maximum Gasteiger partial charge on any atom is 0.208 e. The lowest BCUT2D eigenvalue weighted by Crippen LogP contribution is -2.49. The van der Waals surface area contributed by atoms with Gasteiger partial charge in [-0.3, -0.25) is 4.90 Å². The summed E-state index contributed by atoms with van der Waals surface area (Å²) >= 11 is 1.55. The minimum Gasteiger partial charge on any atom is -0.381 e. The Bertz CT molecular complexity index is 327. The SMILES string of the molecule is CSC(=NC#N)N1CCN(CC2CCOC2)CC1. The van der Waals surface area contributed by atoms with E-state index in [4.69, 9.17) is 10.00 Å². The number of hydrogen-bond donors (Lipinski definition) is 0. The second kappa shape index (κ2) is 6.98. The fraction of sp³-hybridized carbons (Fsp3) is 0.833. The van der Waals surface area contributed by atoms with Crippen LogP contribution in [0.15, 0.2) is 4.99 Å². The average Bonchev–Trinajstić information content (AvgIpc) is 2.90. The topological polar surface area (TPSA) is 51.9 Å². The van der Waals surface area contributed by atoms with Gasteiger partial charge < -0.3 is 9.64 Å². The maximum absolute atomic E-state index is 8.64. The van der Waals surface area contributed by atoms with E-state index in [1.165, 1.54) is 6.42 Å². The molecule has 1 atom stereocenters. The summed E-state index contributed by atoms with van der Waals surface area (Å²) < 4.78 is 5.41. The number of rotatable bonds is 2. The van der Waals surface area contributed by atoms with Crippen molar-refractivity contribution in [3.63, 3.8) is 0 Å². The van der Waals surface area contributed by atoms with Gasteiger partial charge in [0.05, 0.1) is 6.61 Å². The first-order valence-corrected chi connectivity index (χ1v) is 7.61. The van der Waals surface area contributed by atoms with Crippen LogP contribution in [0.4, 0.5) is 0 Å². The van der Waals surface area contributed by atoms with Gasteiger partial charge in [0.2, 0.25) is 6.19 Å². The third-order valence-corrected chi connectivity index (χ3v) is 4.23. The number of ether oxygens (including phenoxy) is 1. The molecule has 0 aromatic rings. The molecule has 0 bridgehead atoms. The van der Waals surface area contributed by atoms with E-state index in [-0.39, 0.29) is 0 Å². The van der Waals surface area contributed by atoms with E-state index >= 15 is 0 Å². The molecule has 0 aromatic heterocycles. The van der Waals surface area contributed by atoms with Gasteiger partial charge >= 0.3 is 0 Å². The third kappa shape index (κ3) is 3.61. The van der Waals surface area contributed by atoms with Gasteiger partial charge in [-0.2, -0.15) is 5.26 Å². The fourth-order valence-corrected chi connectivity index (χ4v) is 3.08. The highest BCUT2D eigenvalue weighted by Crippen LogP contribution is 2.16. The summed E-state index contributed by atoms with van der Waals surface area (Å²) in [5.41, 5.74) is 0. The van der Waals surface area contributed by atoms with E-state index in [1.54, 1.807) is 11.8 Å². The Morgan fingerprint density at radius 2 is 2.22 bits per heavy atom. The minimum atomic E-state index is 0.712. The van der Waals surface area contributed by atoms with Crippen molar-refractivity contribution in [1.82, 2.24) is 9.80 Å². The molecule has 0 spiro atoms. The summed E-state index contributed by atoms with van der Waals surface area (Å²) in [6.07, 6.45) is 5.05. The molecule has 0 aromatic carbocycles. The highest BCUT2D eigenvalue weighted by molar-refractivity contribution is 8.13. The highest BCUT2D eigenvalue weighted by atomic mass is 32.2. The monoisotopic (exact) mass is 268 g/mol. The molecule has 6 heteroatoms. The van der Waals surface area contributed by atoms with Gasteiger partial charge in [-0.05, 0) is 18.6 Å². The van der Waals surface area contributed by atoms with Crippen molar-refractivity contribution >= 4 is 16.9 Å². The number of amidine groups is 1. The summed E-state index contributed by atoms with van der Waals surface area (Å²) in [5, 5.41) is 9.49. The smallest absolute Gasteiger partial charge is 0.208 e. The molecule has 0 radical (unpaired) electrons. The van der Waals surface area contributed by atoms with E-state index in [0.29, 0.717) is 5.92 Å². The lowest BCUT2D eigenvalue weighted by atomic mass is 10.1. The Labute approximate surface area is 113 Å². The molecule has 2 rings (SSSR count). The van der Waals surface area contributed by atoms with Crippen molar-refractivity contribution in [3.05, 3.63) is 0 Å². The van der Waals surface area contributed by atoms with Gasteiger partial charge in [-0.1, -0.05) is 11.8 Å². The maximum atomic E-state index is 8.64. The summed E-state index contributed by atoms with van der Waals surface area (Å²) in [6, 6.07) is 0. The van der Waals surface area contributed by atoms with E-state index in [2.05, 4.69) is 14.8 Å². The Balaban J connectivity index is 1.77. The number of piperazine rings is 1. The first-order chi connectivity index (χ1) is 8.83. The summed E-state index contributed by atoms with van der Waals surface area (Å²) in [7, 11) is 0. The van der Waals surface area contributed by atoms with Gasteiger partial charge in [0.1, 0.15) is 0 Å². The predicted molar refractivity (Wildman–Crippen MR) is 73.5 cm³/mol. The molecule has 2 aliphatic rings. The molecule has 5 nitrogen and oxygen atoms in total. The number of hydrogen-bond acceptors (Lipinski definition) is 5. The lowest BCUT2D eigenvalue weighted by molar-refractivity contribution is 0.141. The Morgan fingerprint density at radius 3 is 2.78 bits per heavy atom. The predicted octanol–water partition coefficient (Wildman–Crippen LogP) is 0.841. The number of aliphatic imine (C=N–C) groups is 1. The second-order valence-corrected chi connectivity index (χ2v) is 5.49. The van der Waals surface area contributed by atoms with E-state index < -0.39 is 0 Å². The summed E-state index contributed by atoms with van der Waals surface area (Å²) in [6.45, 7) is 7.05. The number of thioether (sulfide) groups is 1. The van der Waals surface area contributed by atoms with E-state index in [9.17, 15) is 0 Å². The molecule has 0 saturated carbocycles. The van der Waals surface area contributed by atoms with Gasteiger partial charge in [-0.15, -0.1) is 4.99 Å². The van der Waals surface area contributed by atoms with Crippen LogP contribution < -0.4 is 0 Å². The zero-order chi connectivity index (χ0) is 12.8. The number of nitrogens with zero attached hydrogens (tertiary/aromatic N) is 4. The van der Waals surface area contributed by atoms with Crippen LogP contribution in [0, 0.1) is 17.4 Å². The first kappa shape index (κ1) is 13.7. The highest BCUT2D eigenvalue weighted by Gasteiger charge is 2.23. The van der Waals surface area contributed by atoms with Crippen molar-refractivity contribution in [2.45, 2.75) is 6.42 Å². The molecule has 2 saturated heterocycles. The normalized spacial score (nSPS) is 26.3. The first-order valence-electron chi connectivity index (χ1n) is 6.39. The molecule has 1 unspecified atom stereocenters. The molecule has 0 aliphatic carbocycles. The van der Waals surface area contributed by atoms with Gasteiger partial charge in [0, 0.05) is 39.3 Å². The van der Waals surface area contributed by atoms with Crippen molar-refractivity contribution in [2.75, 3.05) is 52.2 Å².